The number of ether oxygens (including phenoxy) is 1. The maximum absolute atomic E-state index is 4.73. The van der Waals surface area contributed by atoms with Gasteiger partial charge in [-0.2, -0.15) is 0 Å². The normalized spacial score (nSPS) is 8.67. The van der Waals surface area contributed by atoms with Crippen molar-refractivity contribution in [1.82, 2.24) is 10.2 Å². The zero-order valence-corrected chi connectivity index (χ0v) is 7.06. The lowest BCUT2D eigenvalue weighted by Gasteiger charge is -2.04. The molecule has 3 heteroatoms. The van der Waals surface area contributed by atoms with Crippen LogP contribution in [-0.2, 0) is 4.74 Å². The van der Waals surface area contributed by atoms with Crippen LogP contribution in [-0.4, -0.2) is 46.9 Å². The van der Waals surface area contributed by atoms with Crippen LogP contribution < -0.4 is 5.32 Å². The number of nitrogens with zero attached hydrogens (tertiary/aromatic N) is 1. The zero-order chi connectivity index (χ0) is 7.70. The summed E-state index contributed by atoms with van der Waals surface area (Å²) in [5.74, 6) is 0. The molecule has 0 aliphatic carbocycles. The first-order valence-corrected chi connectivity index (χ1v) is 2.91. The summed E-state index contributed by atoms with van der Waals surface area (Å²) in [6.45, 7) is 0.708. The summed E-state index contributed by atoms with van der Waals surface area (Å²) in [6.07, 6.45) is 0. The van der Waals surface area contributed by atoms with Gasteiger partial charge in [0.1, 0.15) is 0 Å². The second-order valence-corrected chi connectivity index (χ2v) is 2.00. The van der Waals surface area contributed by atoms with Gasteiger partial charge in [0, 0.05) is 7.11 Å². The first-order chi connectivity index (χ1) is 4.18. The van der Waals surface area contributed by atoms with E-state index in [4.69, 9.17) is 4.74 Å². The van der Waals surface area contributed by atoms with Gasteiger partial charge >= 0.3 is 0 Å². The Hall–Kier alpha value is -0.120. The first kappa shape index (κ1) is 11.6. The molecule has 1 N–H and O–H groups in total. The van der Waals surface area contributed by atoms with Gasteiger partial charge in [-0.15, -0.1) is 0 Å². The summed E-state index contributed by atoms with van der Waals surface area (Å²) in [5.41, 5.74) is 0. The third-order valence-corrected chi connectivity index (χ3v) is 0.387. The molecule has 0 aromatic heterocycles. The molecule has 0 bridgehead atoms. The lowest BCUT2D eigenvalue weighted by atomic mass is 10.9. The minimum Gasteiger partial charge on any atom is -0.369 e. The van der Waals surface area contributed by atoms with E-state index in [2.05, 4.69) is 5.32 Å². The van der Waals surface area contributed by atoms with Crippen LogP contribution in [0.3, 0.4) is 0 Å². The fourth-order valence-electron chi connectivity index (χ4n) is 0.258. The molecule has 0 aromatic rings. The number of hydrogen-bond donors (Lipinski definition) is 1. The summed E-state index contributed by atoms with van der Waals surface area (Å²) in [5, 5.41) is 2.75. The van der Waals surface area contributed by atoms with Crippen molar-refractivity contribution in [3.05, 3.63) is 0 Å². The molecule has 0 spiro atoms. The van der Waals surface area contributed by atoms with Crippen LogP contribution in [0.5, 0.6) is 0 Å². The van der Waals surface area contributed by atoms with Gasteiger partial charge in [0.05, 0.1) is 6.73 Å². The summed E-state index contributed by atoms with van der Waals surface area (Å²) >= 11 is 0. The lowest BCUT2D eigenvalue weighted by Crippen LogP contribution is -2.13. The lowest BCUT2D eigenvalue weighted by molar-refractivity contribution is 0.0994. The van der Waals surface area contributed by atoms with E-state index in [9.17, 15) is 0 Å². The number of hydrogen-bond acceptors (Lipinski definition) is 3. The number of methoxy groups -OCH3 is 1. The Bertz CT molecular complexity index is 40.0. The number of rotatable bonds is 2. The minimum absolute atomic E-state index is 0.708. The van der Waals surface area contributed by atoms with Crippen LogP contribution in [0.4, 0.5) is 0 Å². The molecule has 0 unspecified atom stereocenters. The fourth-order valence-corrected chi connectivity index (χ4v) is 0.258. The van der Waals surface area contributed by atoms with E-state index in [1.807, 2.05) is 33.1 Å². The average molecular weight is 134 g/mol. The summed E-state index contributed by atoms with van der Waals surface area (Å²) in [6, 6.07) is 0. The second-order valence-electron chi connectivity index (χ2n) is 2.00. The quantitative estimate of drug-likeness (QED) is 0.537. The highest BCUT2D eigenvalue weighted by Crippen LogP contribution is 1.68. The van der Waals surface area contributed by atoms with Gasteiger partial charge in [0.2, 0.25) is 0 Å². The van der Waals surface area contributed by atoms with E-state index in [1.54, 1.807) is 7.11 Å². The maximum atomic E-state index is 4.73. The van der Waals surface area contributed by atoms with Gasteiger partial charge in [-0.3, -0.25) is 4.90 Å². The van der Waals surface area contributed by atoms with Crippen molar-refractivity contribution >= 4 is 0 Å². The molecule has 0 amide bonds. The SMILES string of the molecule is CNC.COCN(C)C. The Morgan fingerprint density at radius 3 is 1.67 bits per heavy atom. The Balaban J connectivity index is 0. The van der Waals surface area contributed by atoms with Crippen molar-refractivity contribution in [2.24, 2.45) is 0 Å². The molecule has 0 fully saturated rings. The van der Waals surface area contributed by atoms with Crippen LogP contribution in [0.15, 0.2) is 0 Å². The molecule has 0 aliphatic heterocycles. The minimum atomic E-state index is 0.708. The topological polar surface area (TPSA) is 24.5 Å². The first-order valence-electron chi connectivity index (χ1n) is 2.91. The summed E-state index contributed by atoms with van der Waals surface area (Å²) < 4.78 is 4.73. The van der Waals surface area contributed by atoms with Crippen molar-refractivity contribution in [2.45, 2.75) is 0 Å². The van der Waals surface area contributed by atoms with E-state index in [0.717, 1.165) is 0 Å². The molecule has 0 heterocycles. The van der Waals surface area contributed by atoms with Crippen molar-refractivity contribution in [2.75, 3.05) is 42.0 Å². The standard InChI is InChI=1S/C4H11NO.C2H7N/c1-5(2)4-6-3;1-3-2/h4H2,1-3H3;3H,1-2H3. The van der Waals surface area contributed by atoms with Crippen LogP contribution in [0.2, 0.25) is 0 Å². The Labute approximate surface area is 58.0 Å². The van der Waals surface area contributed by atoms with Crippen molar-refractivity contribution < 1.29 is 4.74 Å². The summed E-state index contributed by atoms with van der Waals surface area (Å²) in [4.78, 5) is 1.96. The number of nitrogens with one attached hydrogen (secondary N) is 1. The molecule has 0 radical (unpaired) electrons. The molecule has 3 nitrogen and oxygen atoms in total. The molecule has 0 aromatic carbocycles. The molecular formula is C6H18N2O. The molecule has 0 saturated heterocycles. The highest BCUT2D eigenvalue weighted by atomic mass is 16.5. The molecular weight excluding hydrogens is 116 g/mol. The highest BCUT2D eigenvalue weighted by Gasteiger charge is 1.78. The van der Waals surface area contributed by atoms with E-state index in [-0.39, 0.29) is 0 Å². The fraction of sp³-hybridized carbons (Fsp3) is 1.00. The molecule has 0 aliphatic rings. The van der Waals surface area contributed by atoms with Crippen LogP contribution in [0.25, 0.3) is 0 Å². The van der Waals surface area contributed by atoms with Gasteiger partial charge in [-0.05, 0) is 28.2 Å². The average Bonchev–Trinajstić information content (AvgIpc) is 1.67. The van der Waals surface area contributed by atoms with Gasteiger partial charge in [0.25, 0.3) is 0 Å². The van der Waals surface area contributed by atoms with Crippen molar-refractivity contribution in [3.8, 4) is 0 Å². The third-order valence-electron chi connectivity index (χ3n) is 0.387. The Kier molecular flexibility index (Phi) is 14.0. The summed E-state index contributed by atoms with van der Waals surface area (Å²) in [7, 11) is 9.35. The van der Waals surface area contributed by atoms with E-state index in [1.165, 1.54) is 0 Å². The zero-order valence-electron chi connectivity index (χ0n) is 7.06. The Morgan fingerprint density at radius 1 is 1.33 bits per heavy atom. The van der Waals surface area contributed by atoms with Crippen LogP contribution >= 0.6 is 0 Å². The maximum Gasteiger partial charge on any atom is 0.0981 e. The van der Waals surface area contributed by atoms with Crippen LogP contribution in [0.1, 0.15) is 0 Å². The molecule has 0 atom stereocenters. The Morgan fingerprint density at radius 2 is 1.67 bits per heavy atom. The smallest absolute Gasteiger partial charge is 0.0981 e. The molecule has 9 heavy (non-hydrogen) atoms. The largest absolute Gasteiger partial charge is 0.369 e. The monoisotopic (exact) mass is 134 g/mol. The highest BCUT2D eigenvalue weighted by molar-refractivity contribution is 4.20. The molecule has 0 saturated carbocycles. The van der Waals surface area contributed by atoms with Crippen LogP contribution in [0, 0.1) is 0 Å². The predicted molar refractivity (Wildman–Crippen MR) is 40.5 cm³/mol. The van der Waals surface area contributed by atoms with Crippen molar-refractivity contribution in [1.29, 1.82) is 0 Å². The van der Waals surface area contributed by atoms with Gasteiger partial charge < -0.3 is 10.1 Å². The molecule has 58 valence electrons. The predicted octanol–water partition coefficient (Wildman–Crippen LogP) is -0.0125. The van der Waals surface area contributed by atoms with Crippen molar-refractivity contribution in [3.63, 3.8) is 0 Å². The van der Waals surface area contributed by atoms with E-state index < -0.39 is 0 Å². The van der Waals surface area contributed by atoms with Gasteiger partial charge in [-0.25, -0.2) is 0 Å². The second kappa shape index (κ2) is 10.8. The van der Waals surface area contributed by atoms with E-state index in [0.29, 0.717) is 6.73 Å². The third kappa shape index (κ3) is 32.8. The van der Waals surface area contributed by atoms with E-state index >= 15 is 0 Å². The van der Waals surface area contributed by atoms with Gasteiger partial charge in [0.15, 0.2) is 0 Å². The molecule has 0 rings (SSSR count). The van der Waals surface area contributed by atoms with Gasteiger partial charge in [-0.1, -0.05) is 0 Å².